The van der Waals surface area contributed by atoms with Crippen LogP contribution >= 0.6 is 11.8 Å². The number of fused-ring (bicyclic) bond motifs is 4. The third-order valence-corrected chi connectivity index (χ3v) is 8.39. The van der Waals surface area contributed by atoms with Crippen molar-refractivity contribution in [1.82, 2.24) is 9.58 Å². The lowest BCUT2D eigenvalue weighted by Gasteiger charge is -2.44. The van der Waals surface area contributed by atoms with E-state index >= 15 is 4.39 Å². The standard InChI is InChI=1S/C26H22F3N3O3S/c27-10-13-5-6-22-30-32-19(9-20(33)25(34)24(32)26(35)31(22)11-13)16-8-18(28)23(29)17-12-36-21-4-2-1-3-14(21)7-15(16)17/h1-4,8-9,13,22,30,34H,5-7,10-12H2/t13?,22-/m0/s1. The molecule has 0 radical (unpaired) electrons. The number of thioether (sulfide) groups is 1. The highest BCUT2D eigenvalue weighted by Crippen LogP contribution is 2.41. The van der Waals surface area contributed by atoms with Crippen molar-refractivity contribution in [2.24, 2.45) is 5.92 Å². The SMILES string of the molecule is O=C1c2c(O)c(=O)cc(-c3cc(F)c(F)c4c3Cc3ccccc3SC4)n2N[C@@H]2CCC(CF)CN12. The Morgan fingerprint density at radius 3 is 2.72 bits per heavy atom. The molecule has 6 nitrogen and oxygen atoms in total. The molecular formula is C26H22F3N3O3S. The Bertz CT molecular complexity index is 1480. The number of hydrogen-bond acceptors (Lipinski definition) is 5. The number of pyridine rings is 1. The van der Waals surface area contributed by atoms with E-state index < -0.39 is 41.6 Å². The predicted molar refractivity (Wildman–Crippen MR) is 129 cm³/mol. The second-order valence-electron chi connectivity index (χ2n) is 9.38. The zero-order chi connectivity index (χ0) is 25.1. The van der Waals surface area contributed by atoms with Gasteiger partial charge in [0.25, 0.3) is 5.91 Å². The van der Waals surface area contributed by atoms with E-state index in [-0.39, 0.29) is 40.7 Å². The molecule has 2 aromatic carbocycles. The van der Waals surface area contributed by atoms with Crippen LogP contribution in [0.3, 0.4) is 0 Å². The molecule has 1 amide bonds. The van der Waals surface area contributed by atoms with Gasteiger partial charge < -0.3 is 15.4 Å². The molecule has 0 saturated carbocycles. The number of aromatic hydroxyl groups is 1. The van der Waals surface area contributed by atoms with Gasteiger partial charge in [-0.05, 0) is 42.5 Å². The first-order chi connectivity index (χ1) is 17.4. The van der Waals surface area contributed by atoms with Crippen LogP contribution in [0.5, 0.6) is 5.75 Å². The van der Waals surface area contributed by atoms with Gasteiger partial charge in [0.05, 0.1) is 12.4 Å². The van der Waals surface area contributed by atoms with Gasteiger partial charge in [-0.15, -0.1) is 11.8 Å². The maximum Gasteiger partial charge on any atom is 0.278 e. The van der Waals surface area contributed by atoms with Crippen LogP contribution in [0.15, 0.2) is 46.1 Å². The number of nitrogens with one attached hydrogen (secondary N) is 1. The summed E-state index contributed by atoms with van der Waals surface area (Å²) in [4.78, 5) is 28.6. The van der Waals surface area contributed by atoms with E-state index in [2.05, 4.69) is 5.43 Å². The van der Waals surface area contributed by atoms with Crippen LogP contribution in [0.2, 0.25) is 0 Å². The Hall–Kier alpha value is -3.40. The highest BCUT2D eigenvalue weighted by atomic mass is 32.2. The zero-order valence-corrected chi connectivity index (χ0v) is 19.9. The second kappa shape index (κ2) is 8.62. The van der Waals surface area contributed by atoms with Gasteiger partial charge in [-0.25, -0.2) is 13.5 Å². The number of amides is 1. The van der Waals surface area contributed by atoms with Crippen LogP contribution in [0.4, 0.5) is 13.2 Å². The largest absolute Gasteiger partial charge is 0.502 e. The van der Waals surface area contributed by atoms with Crippen LogP contribution in [-0.2, 0) is 12.2 Å². The van der Waals surface area contributed by atoms with Gasteiger partial charge in [-0.3, -0.25) is 14.0 Å². The number of aromatic nitrogens is 1. The molecule has 3 aliphatic rings. The lowest BCUT2D eigenvalue weighted by Crippen LogP contribution is -2.58. The fourth-order valence-corrected chi connectivity index (χ4v) is 6.47. The number of carbonyl (C=O) groups is 1. The molecule has 1 saturated heterocycles. The highest BCUT2D eigenvalue weighted by Gasteiger charge is 2.40. The second-order valence-corrected chi connectivity index (χ2v) is 10.4. The van der Waals surface area contributed by atoms with Crippen LogP contribution in [0.1, 0.15) is 40.0 Å². The van der Waals surface area contributed by atoms with Gasteiger partial charge in [0.15, 0.2) is 23.1 Å². The number of alkyl halides is 1. The number of halogens is 3. The van der Waals surface area contributed by atoms with Crippen molar-refractivity contribution < 1.29 is 23.1 Å². The van der Waals surface area contributed by atoms with E-state index in [1.807, 2.05) is 24.3 Å². The van der Waals surface area contributed by atoms with Crippen molar-refractivity contribution >= 4 is 17.7 Å². The third-order valence-electron chi connectivity index (χ3n) is 7.25. The van der Waals surface area contributed by atoms with Crippen LogP contribution in [0, 0.1) is 17.6 Å². The first-order valence-electron chi connectivity index (χ1n) is 11.7. The average Bonchev–Trinajstić information content (AvgIpc) is 3.08. The molecule has 0 bridgehead atoms. The Balaban J connectivity index is 1.57. The summed E-state index contributed by atoms with van der Waals surface area (Å²) in [5.74, 6) is -3.47. The molecule has 1 fully saturated rings. The highest BCUT2D eigenvalue weighted by molar-refractivity contribution is 7.98. The molecule has 0 aliphatic carbocycles. The van der Waals surface area contributed by atoms with Gasteiger partial charge >= 0.3 is 0 Å². The minimum Gasteiger partial charge on any atom is -0.502 e. The molecule has 0 spiro atoms. The van der Waals surface area contributed by atoms with Crippen LogP contribution in [0.25, 0.3) is 11.3 Å². The maximum atomic E-state index is 15.0. The van der Waals surface area contributed by atoms with E-state index in [1.165, 1.54) is 21.3 Å². The smallest absolute Gasteiger partial charge is 0.278 e. The maximum absolute atomic E-state index is 15.0. The molecule has 1 unspecified atom stereocenters. The molecule has 2 N–H and O–H groups in total. The van der Waals surface area contributed by atoms with Crippen LogP contribution < -0.4 is 10.9 Å². The Kier molecular flexibility index (Phi) is 5.51. The molecule has 1 aromatic heterocycles. The Morgan fingerprint density at radius 2 is 1.92 bits per heavy atom. The van der Waals surface area contributed by atoms with Gasteiger partial charge in [0, 0.05) is 40.3 Å². The number of carbonyl (C=O) groups excluding carboxylic acids is 1. The summed E-state index contributed by atoms with van der Waals surface area (Å²) in [5, 5.41) is 10.6. The van der Waals surface area contributed by atoms with Gasteiger partial charge in [0.1, 0.15) is 6.17 Å². The van der Waals surface area contributed by atoms with Crippen molar-refractivity contribution in [3.63, 3.8) is 0 Å². The summed E-state index contributed by atoms with van der Waals surface area (Å²) < 4.78 is 44.6. The third kappa shape index (κ3) is 3.49. The lowest BCUT2D eigenvalue weighted by atomic mass is 9.92. The van der Waals surface area contributed by atoms with E-state index in [0.29, 0.717) is 24.8 Å². The first-order valence-corrected chi connectivity index (χ1v) is 12.7. The number of piperidine rings is 1. The average molecular weight is 514 g/mol. The van der Waals surface area contributed by atoms with E-state index in [4.69, 9.17) is 0 Å². The summed E-state index contributed by atoms with van der Waals surface area (Å²) in [6.45, 7) is -0.421. The predicted octanol–water partition coefficient (Wildman–Crippen LogP) is 4.40. The molecule has 6 rings (SSSR count). The Labute approximate surface area is 208 Å². The molecule has 10 heteroatoms. The number of rotatable bonds is 2. The van der Waals surface area contributed by atoms with Crippen molar-refractivity contribution in [3.05, 3.63) is 80.6 Å². The summed E-state index contributed by atoms with van der Waals surface area (Å²) in [6, 6.07) is 9.79. The molecule has 3 aliphatic heterocycles. The molecule has 4 heterocycles. The van der Waals surface area contributed by atoms with Crippen molar-refractivity contribution in [2.45, 2.75) is 36.1 Å². The molecular weight excluding hydrogens is 491 g/mol. The zero-order valence-electron chi connectivity index (χ0n) is 19.1. The molecule has 36 heavy (non-hydrogen) atoms. The van der Waals surface area contributed by atoms with Gasteiger partial charge in [0.2, 0.25) is 5.43 Å². The summed E-state index contributed by atoms with van der Waals surface area (Å²) in [7, 11) is 0. The fraction of sp³-hybridized carbons (Fsp3) is 0.308. The Morgan fingerprint density at radius 1 is 1.11 bits per heavy atom. The van der Waals surface area contributed by atoms with Crippen LogP contribution in [-0.4, -0.2) is 40.0 Å². The van der Waals surface area contributed by atoms with E-state index in [9.17, 15) is 23.5 Å². The first kappa shape index (κ1) is 23.0. The van der Waals surface area contributed by atoms with Crippen molar-refractivity contribution in [2.75, 3.05) is 18.6 Å². The quantitative estimate of drug-likeness (QED) is 0.532. The summed E-state index contributed by atoms with van der Waals surface area (Å²) in [5.41, 5.74) is 4.14. The van der Waals surface area contributed by atoms with Crippen molar-refractivity contribution in [3.8, 4) is 17.0 Å². The normalized spacial score (nSPS) is 20.5. The molecule has 186 valence electrons. The van der Waals surface area contributed by atoms with E-state index in [0.717, 1.165) is 22.6 Å². The number of benzene rings is 2. The molecule has 2 atom stereocenters. The monoisotopic (exact) mass is 513 g/mol. The summed E-state index contributed by atoms with van der Waals surface area (Å²) >= 11 is 1.41. The topological polar surface area (TPSA) is 74.6 Å². The summed E-state index contributed by atoms with van der Waals surface area (Å²) in [6.07, 6.45) is 0.834. The molecule has 3 aromatic rings. The van der Waals surface area contributed by atoms with Gasteiger partial charge in [-0.2, -0.15) is 0 Å². The number of nitrogens with zero attached hydrogens (tertiary/aromatic N) is 2. The minimum atomic E-state index is -1.06. The number of hydrogen-bond donors (Lipinski definition) is 2. The van der Waals surface area contributed by atoms with Crippen molar-refractivity contribution in [1.29, 1.82) is 0 Å². The van der Waals surface area contributed by atoms with E-state index in [1.54, 1.807) is 0 Å². The van der Waals surface area contributed by atoms with Gasteiger partial charge in [-0.1, -0.05) is 18.2 Å². The minimum absolute atomic E-state index is 0.152. The lowest BCUT2D eigenvalue weighted by molar-refractivity contribution is 0.0465. The fourth-order valence-electron chi connectivity index (χ4n) is 5.37.